The predicted molar refractivity (Wildman–Crippen MR) is 61.1 cm³/mol. The Balaban J connectivity index is 2.56. The van der Waals surface area contributed by atoms with Crippen molar-refractivity contribution in [3.63, 3.8) is 0 Å². The van der Waals surface area contributed by atoms with Crippen molar-refractivity contribution < 1.29 is 0 Å². The minimum Gasteiger partial charge on any atom is -0.313 e. The van der Waals surface area contributed by atoms with Gasteiger partial charge in [0.2, 0.25) is 0 Å². The first kappa shape index (κ1) is 10.4. The molecular formula is C12H18N2O. The maximum absolute atomic E-state index is 11.7. The van der Waals surface area contributed by atoms with Crippen LogP contribution >= 0.6 is 0 Å². The second-order valence-electron chi connectivity index (χ2n) is 4.05. The average molecular weight is 206 g/mol. The van der Waals surface area contributed by atoms with Crippen LogP contribution in [0.15, 0.2) is 16.9 Å². The zero-order valence-corrected chi connectivity index (χ0v) is 9.42. The molecule has 82 valence electrons. The monoisotopic (exact) mass is 206 g/mol. The first-order valence-electron chi connectivity index (χ1n) is 5.67. The molecule has 1 aromatic heterocycles. The number of hydrogen-bond donors (Lipinski definition) is 1. The Bertz CT molecular complexity index is 409. The molecule has 1 atom stereocenters. The van der Waals surface area contributed by atoms with Gasteiger partial charge < -0.3 is 9.88 Å². The van der Waals surface area contributed by atoms with E-state index < -0.39 is 0 Å². The molecule has 1 unspecified atom stereocenters. The summed E-state index contributed by atoms with van der Waals surface area (Å²) in [6.45, 7) is 2.81. The number of nitrogens with zero attached hydrogens (tertiary/aromatic N) is 1. The molecule has 0 saturated heterocycles. The van der Waals surface area contributed by atoms with Crippen molar-refractivity contribution in [3.8, 4) is 0 Å². The third kappa shape index (κ3) is 1.72. The molecule has 0 spiro atoms. The normalized spacial score (nSPS) is 20.0. The van der Waals surface area contributed by atoms with Gasteiger partial charge in [0.05, 0.1) is 0 Å². The highest BCUT2D eigenvalue weighted by molar-refractivity contribution is 5.27. The van der Waals surface area contributed by atoms with E-state index in [-0.39, 0.29) is 5.56 Å². The molecule has 1 heterocycles. The molecule has 1 aliphatic carbocycles. The second-order valence-corrected chi connectivity index (χ2v) is 4.05. The summed E-state index contributed by atoms with van der Waals surface area (Å²) in [5.74, 6) is 0. The van der Waals surface area contributed by atoms with Crippen LogP contribution in [0.25, 0.3) is 0 Å². The van der Waals surface area contributed by atoms with E-state index in [2.05, 4.69) is 5.32 Å². The minimum absolute atomic E-state index is 0.132. The molecule has 2 rings (SSSR count). The molecule has 1 aromatic rings. The zero-order chi connectivity index (χ0) is 10.8. The van der Waals surface area contributed by atoms with E-state index >= 15 is 0 Å². The summed E-state index contributed by atoms with van der Waals surface area (Å²) in [6.07, 6.45) is 3.38. The van der Waals surface area contributed by atoms with Crippen molar-refractivity contribution in [2.75, 3.05) is 7.05 Å². The Morgan fingerprint density at radius 3 is 3.00 bits per heavy atom. The van der Waals surface area contributed by atoms with Crippen molar-refractivity contribution in [1.82, 2.24) is 9.88 Å². The molecule has 0 fully saturated rings. The van der Waals surface area contributed by atoms with E-state index in [9.17, 15) is 4.79 Å². The van der Waals surface area contributed by atoms with Gasteiger partial charge in [0, 0.05) is 24.3 Å². The summed E-state index contributed by atoms with van der Waals surface area (Å²) in [6, 6.07) is 4.11. The molecule has 0 saturated carbocycles. The van der Waals surface area contributed by atoms with Crippen LogP contribution in [0.1, 0.15) is 37.1 Å². The van der Waals surface area contributed by atoms with Crippen LogP contribution < -0.4 is 10.9 Å². The van der Waals surface area contributed by atoms with Crippen LogP contribution in [0.4, 0.5) is 0 Å². The highest BCUT2D eigenvalue weighted by Crippen LogP contribution is 2.28. The van der Waals surface area contributed by atoms with Crippen LogP contribution in [0.2, 0.25) is 0 Å². The number of rotatable bonds is 2. The van der Waals surface area contributed by atoms with Gasteiger partial charge in [0.1, 0.15) is 0 Å². The Kier molecular flexibility index (Phi) is 2.91. The molecule has 0 aromatic carbocycles. The highest BCUT2D eigenvalue weighted by atomic mass is 16.1. The van der Waals surface area contributed by atoms with Gasteiger partial charge in [-0.25, -0.2) is 0 Å². The van der Waals surface area contributed by atoms with Gasteiger partial charge in [0.25, 0.3) is 5.56 Å². The lowest BCUT2D eigenvalue weighted by Crippen LogP contribution is -2.30. The van der Waals surface area contributed by atoms with Crippen molar-refractivity contribution in [2.24, 2.45) is 0 Å². The molecule has 1 N–H and O–H groups in total. The largest absolute Gasteiger partial charge is 0.313 e. The van der Waals surface area contributed by atoms with Crippen molar-refractivity contribution in [2.45, 2.75) is 38.8 Å². The van der Waals surface area contributed by atoms with Gasteiger partial charge in [-0.3, -0.25) is 4.79 Å². The quantitative estimate of drug-likeness (QED) is 0.795. The van der Waals surface area contributed by atoms with Gasteiger partial charge >= 0.3 is 0 Å². The third-order valence-corrected chi connectivity index (χ3v) is 3.28. The van der Waals surface area contributed by atoms with E-state index in [1.54, 1.807) is 6.07 Å². The molecule has 15 heavy (non-hydrogen) atoms. The lowest BCUT2D eigenvalue weighted by Gasteiger charge is -2.27. The fourth-order valence-corrected chi connectivity index (χ4v) is 2.51. The summed E-state index contributed by atoms with van der Waals surface area (Å²) in [4.78, 5) is 11.7. The Hall–Kier alpha value is -1.09. The SMILES string of the molecule is CCn1c2c(ccc1=O)C(NC)CCC2. The first-order valence-corrected chi connectivity index (χ1v) is 5.67. The lowest BCUT2D eigenvalue weighted by atomic mass is 9.91. The molecule has 3 heteroatoms. The topological polar surface area (TPSA) is 34.0 Å². The predicted octanol–water partition coefficient (Wildman–Crippen LogP) is 1.47. The van der Waals surface area contributed by atoms with Crippen LogP contribution in [0, 0.1) is 0 Å². The van der Waals surface area contributed by atoms with Crippen molar-refractivity contribution >= 4 is 0 Å². The van der Waals surface area contributed by atoms with E-state index in [4.69, 9.17) is 0 Å². The molecule has 1 aliphatic rings. The lowest BCUT2D eigenvalue weighted by molar-refractivity contribution is 0.471. The molecular weight excluding hydrogens is 188 g/mol. The Labute approximate surface area is 90.1 Å². The summed E-state index contributed by atoms with van der Waals surface area (Å²) < 4.78 is 1.90. The molecule has 3 nitrogen and oxygen atoms in total. The van der Waals surface area contributed by atoms with Crippen LogP contribution in [0.5, 0.6) is 0 Å². The minimum atomic E-state index is 0.132. The zero-order valence-electron chi connectivity index (χ0n) is 9.42. The highest BCUT2D eigenvalue weighted by Gasteiger charge is 2.20. The first-order chi connectivity index (χ1) is 7.27. The number of aromatic nitrogens is 1. The van der Waals surface area contributed by atoms with Gasteiger partial charge in [-0.15, -0.1) is 0 Å². The van der Waals surface area contributed by atoms with E-state index in [0.717, 1.165) is 13.0 Å². The summed E-state index contributed by atoms with van der Waals surface area (Å²) in [7, 11) is 1.99. The second kappa shape index (κ2) is 4.19. The van der Waals surface area contributed by atoms with Gasteiger partial charge in [0.15, 0.2) is 0 Å². The van der Waals surface area contributed by atoms with Crippen molar-refractivity contribution in [3.05, 3.63) is 33.7 Å². The standard InChI is InChI=1S/C12H18N2O/c1-3-14-11-6-4-5-10(13-2)9(11)7-8-12(14)15/h7-8,10,13H,3-6H2,1-2H3. The fourth-order valence-electron chi connectivity index (χ4n) is 2.51. The van der Waals surface area contributed by atoms with Gasteiger partial charge in [-0.1, -0.05) is 6.07 Å². The van der Waals surface area contributed by atoms with Gasteiger partial charge in [-0.2, -0.15) is 0 Å². The maximum atomic E-state index is 11.7. The summed E-state index contributed by atoms with van der Waals surface area (Å²) in [5, 5.41) is 3.32. The van der Waals surface area contributed by atoms with E-state index in [1.165, 1.54) is 24.1 Å². The molecule has 0 aliphatic heterocycles. The number of nitrogens with one attached hydrogen (secondary N) is 1. The average Bonchev–Trinajstić information content (AvgIpc) is 2.28. The van der Waals surface area contributed by atoms with Crippen LogP contribution in [-0.4, -0.2) is 11.6 Å². The van der Waals surface area contributed by atoms with Gasteiger partial charge in [-0.05, 0) is 38.8 Å². The third-order valence-electron chi connectivity index (χ3n) is 3.28. The number of hydrogen-bond acceptors (Lipinski definition) is 2. The van der Waals surface area contributed by atoms with E-state index in [1.807, 2.05) is 24.6 Å². The fraction of sp³-hybridized carbons (Fsp3) is 0.583. The molecule has 0 bridgehead atoms. The number of fused-ring (bicyclic) bond motifs is 1. The number of pyridine rings is 1. The van der Waals surface area contributed by atoms with Crippen LogP contribution in [0.3, 0.4) is 0 Å². The maximum Gasteiger partial charge on any atom is 0.250 e. The molecule has 0 radical (unpaired) electrons. The summed E-state index contributed by atoms with van der Waals surface area (Å²) >= 11 is 0. The molecule has 0 amide bonds. The Morgan fingerprint density at radius 2 is 2.33 bits per heavy atom. The Morgan fingerprint density at radius 1 is 1.53 bits per heavy atom. The smallest absolute Gasteiger partial charge is 0.250 e. The van der Waals surface area contributed by atoms with E-state index in [0.29, 0.717) is 6.04 Å². The van der Waals surface area contributed by atoms with Crippen LogP contribution in [-0.2, 0) is 13.0 Å². The van der Waals surface area contributed by atoms with Crippen molar-refractivity contribution in [1.29, 1.82) is 0 Å². The summed E-state index contributed by atoms with van der Waals surface area (Å²) in [5.41, 5.74) is 2.67.